The summed E-state index contributed by atoms with van der Waals surface area (Å²) in [5.41, 5.74) is 1.26. The van der Waals surface area contributed by atoms with Crippen molar-refractivity contribution >= 4 is 27.9 Å². The molecule has 2 rings (SSSR count). The Kier molecular flexibility index (Phi) is 4.00. The average molecular weight is 266 g/mol. The van der Waals surface area contributed by atoms with Gasteiger partial charge in [0.25, 0.3) is 0 Å². The molecule has 2 heterocycles. The number of carbonyl (C=O) groups excluding carboxylic acids is 1. The number of thioether (sulfide) groups is 1. The first-order valence-corrected chi connectivity index (χ1v) is 6.49. The second-order valence-corrected chi connectivity index (χ2v) is 5.16. The maximum atomic E-state index is 10.8. The van der Waals surface area contributed by atoms with Crippen molar-refractivity contribution in [2.24, 2.45) is 0 Å². The highest BCUT2D eigenvalue weighted by Gasteiger charge is 2.22. The zero-order valence-corrected chi connectivity index (χ0v) is 10.6. The van der Waals surface area contributed by atoms with Crippen LogP contribution in [0.4, 0.5) is 0 Å². The van der Waals surface area contributed by atoms with Crippen LogP contribution in [0.2, 0.25) is 0 Å². The van der Waals surface area contributed by atoms with Crippen LogP contribution in [0.15, 0.2) is 24.5 Å². The molecule has 2 aromatic rings. The van der Waals surface area contributed by atoms with Gasteiger partial charge in [-0.3, -0.25) is 4.79 Å². The predicted octanol–water partition coefficient (Wildman–Crippen LogP) is 1.24. The van der Waals surface area contributed by atoms with E-state index in [9.17, 15) is 15.0 Å². The first-order chi connectivity index (χ1) is 8.59. The highest BCUT2D eigenvalue weighted by Crippen LogP contribution is 2.26. The SMILES string of the molecule is CC(=O)SCC(O)C(O)c1c[nH]c2ncccc12. The minimum absolute atomic E-state index is 0.0816. The van der Waals surface area contributed by atoms with Crippen molar-refractivity contribution in [1.82, 2.24) is 9.97 Å². The lowest BCUT2D eigenvalue weighted by Crippen LogP contribution is -2.21. The molecule has 6 heteroatoms. The smallest absolute Gasteiger partial charge is 0.185 e. The van der Waals surface area contributed by atoms with Gasteiger partial charge in [0.2, 0.25) is 0 Å². The van der Waals surface area contributed by atoms with Gasteiger partial charge in [-0.15, -0.1) is 0 Å². The Morgan fingerprint density at radius 1 is 1.56 bits per heavy atom. The minimum atomic E-state index is -1.03. The number of nitrogens with zero attached hydrogens (tertiary/aromatic N) is 1. The summed E-state index contributed by atoms with van der Waals surface area (Å²) in [4.78, 5) is 17.9. The van der Waals surface area contributed by atoms with Crippen molar-refractivity contribution in [2.45, 2.75) is 19.1 Å². The highest BCUT2D eigenvalue weighted by molar-refractivity contribution is 8.13. The molecule has 0 aromatic carbocycles. The van der Waals surface area contributed by atoms with E-state index in [2.05, 4.69) is 9.97 Å². The number of fused-ring (bicyclic) bond motifs is 1. The second-order valence-electron chi connectivity index (χ2n) is 3.96. The Labute approximate surface area is 108 Å². The number of carbonyl (C=O) groups is 1. The lowest BCUT2D eigenvalue weighted by atomic mass is 10.1. The summed E-state index contributed by atoms with van der Waals surface area (Å²) in [6, 6.07) is 3.59. The van der Waals surface area contributed by atoms with E-state index in [-0.39, 0.29) is 10.9 Å². The summed E-state index contributed by atoms with van der Waals surface area (Å²) in [6.45, 7) is 1.43. The predicted molar refractivity (Wildman–Crippen MR) is 70.2 cm³/mol. The van der Waals surface area contributed by atoms with E-state index >= 15 is 0 Å². The first kappa shape index (κ1) is 13.1. The molecule has 0 saturated carbocycles. The van der Waals surface area contributed by atoms with Crippen LogP contribution in [0.1, 0.15) is 18.6 Å². The molecule has 5 nitrogen and oxygen atoms in total. The average Bonchev–Trinajstić information content (AvgIpc) is 2.78. The second kappa shape index (κ2) is 5.51. The molecule has 2 aromatic heterocycles. The molecular formula is C12H14N2O3S. The molecule has 2 atom stereocenters. The molecule has 96 valence electrons. The van der Waals surface area contributed by atoms with Gasteiger partial charge < -0.3 is 15.2 Å². The molecule has 0 amide bonds. The van der Waals surface area contributed by atoms with Gasteiger partial charge in [-0.05, 0) is 12.1 Å². The third-order valence-electron chi connectivity index (χ3n) is 2.62. The van der Waals surface area contributed by atoms with E-state index in [1.165, 1.54) is 6.92 Å². The van der Waals surface area contributed by atoms with Gasteiger partial charge in [0.05, 0.1) is 6.10 Å². The molecule has 0 saturated heterocycles. The standard InChI is InChI=1S/C12H14N2O3S/c1-7(15)18-6-10(16)11(17)9-5-14-12-8(9)3-2-4-13-12/h2-5,10-11,16-17H,6H2,1H3,(H,13,14). The van der Waals surface area contributed by atoms with Crippen LogP contribution in [0.5, 0.6) is 0 Å². The van der Waals surface area contributed by atoms with Crippen LogP contribution in [0.25, 0.3) is 11.0 Å². The van der Waals surface area contributed by atoms with E-state index in [1.54, 1.807) is 18.5 Å². The Morgan fingerprint density at radius 2 is 2.33 bits per heavy atom. The van der Waals surface area contributed by atoms with Crippen LogP contribution in [-0.2, 0) is 4.79 Å². The fraction of sp³-hybridized carbons (Fsp3) is 0.333. The molecule has 0 aliphatic rings. The lowest BCUT2D eigenvalue weighted by molar-refractivity contribution is -0.109. The molecule has 18 heavy (non-hydrogen) atoms. The van der Waals surface area contributed by atoms with E-state index in [0.29, 0.717) is 11.2 Å². The van der Waals surface area contributed by atoms with E-state index in [1.807, 2.05) is 6.07 Å². The van der Waals surface area contributed by atoms with Crippen molar-refractivity contribution in [3.8, 4) is 0 Å². The number of hydrogen-bond acceptors (Lipinski definition) is 5. The molecule has 0 fully saturated rings. The quantitative estimate of drug-likeness (QED) is 0.775. The minimum Gasteiger partial charge on any atom is -0.389 e. The number of hydrogen-bond donors (Lipinski definition) is 3. The maximum Gasteiger partial charge on any atom is 0.185 e. The van der Waals surface area contributed by atoms with Gasteiger partial charge in [-0.25, -0.2) is 4.98 Å². The van der Waals surface area contributed by atoms with Crippen molar-refractivity contribution in [2.75, 3.05) is 5.75 Å². The van der Waals surface area contributed by atoms with E-state index < -0.39 is 12.2 Å². The third kappa shape index (κ3) is 2.72. The maximum absolute atomic E-state index is 10.8. The van der Waals surface area contributed by atoms with Crippen LogP contribution < -0.4 is 0 Å². The van der Waals surface area contributed by atoms with Gasteiger partial charge in [0.15, 0.2) is 5.12 Å². The van der Waals surface area contributed by atoms with E-state index in [4.69, 9.17) is 0 Å². The van der Waals surface area contributed by atoms with Crippen molar-refractivity contribution in [1.29, 1.82) is 0 Å². The molecule has 0 spiro atoms. The number of aliphatic hydroxyl groups excluding tert-OH is 2. The fourth-order valence-electron chi connectivity index (χ4n) is 1.72. The van der Waals surface area contributed by atoms with Gasteiger partial charge in [0, 0.05) is 36.0 Å². The molecule has 2 unspecified atom stereocenters. The van der Waals surface area contributed by atoms with Crippen LogP contribution in [0, 0.1) is 0 Å². The summed E-state index contributed by atoms with van der Waals surface area (Å²) >= 11 is 0.996. The first-order valence-electron chi connectivity index (χ1n) is 5.51. The van der Waals surface area contributed by atoms with E-state index in [0.717, 1.165) is 17.1 Å². The van der Waals surface area contributed by atoms with Crippen LogP contribution >= 0.6 is 11.8 Å². The largest absolute Gasteiger partial charge is 0.389 e. The molecule has 0 radical (unpaired) electrons. The Hall–Kier alpha value is -1.37. The number of aromatic amines is 1. The highest BCUT2D eigenvalue weighted by atomic mass is 32.2. The van der Waals surface area contributed by atoms with Gasteiger partial charge in [0.1, 0.15) is 11.8 Å². The monoisotopic (exact) mass is 266 g/mol. The summed E-state index contributed by atoms with van der Waals surface area (Å²) < 4.78 is 0. The van der Waals surface area contributed by atoms with Gasteiger partial charge in [-0.2, -0.15) is 0 Å². The number of pyridine rings is 1. The summed E-state index contributed by atoms with van der Waals surface area (Å²) in [6.07, 6.45) is 1.26. The number of aromatic nitrogens is 2. The molecule has 3 N–H and O–H groups in total. The summed E-state index contributed by atoms with van der Waals surface area (Å²) in [7, 11) is 0. The van der Waals surface area contributed by atoms with Crippen molar-refractivity contribution in [3.05, 3.63) is 30.1 Å². The number of rotatable bonds is 4. The molecule has 0 aliphatic carbocycles. The fourth-order valence-corrected chi connectivity index (χ4v) is 2.31. The van der Waals surface area contributed by atoms with Crippen LogP contribution in [0.3, 0.4) is 0 Å². The van der Waals surface area contributed by atoms with Crippen molar-refractivity contribution in [3.63, 3.8) is 0 Å². The lowest BCUT2D eigenvalue weighted by Gasteiger charge is -2.16. The number of nitrogens with one attached hydrogen (secondary N) is 1. The topological polar surface area (TPSA) is 86.2 Å². The molecular weight excluding hydrogens is 252 g/mol. The van der Waals surface area contributed by atoms with Gasteiger partial charge in [-0.1, -0.05) is 11.8 Å². The molecule has 0 bridgehead atoms. The zero-order chi connectivity index (χ0) is 13.1. The number of H-pyrrole nitrogens is 1. The molecule has 0 aliphatic heterocycles. The van der Waals surface area contributed by atoms with Crippen LogP contribution in [-0.4, -0.2) is 37.2 Å². The summed E-state index contributed by atoms with van der Waals surface area (Å²) in [5.74, 6) is 0.170. The Balaban J connectivity index is 2.17. The zero-order valence-electron chi connectivity index (χ0n) is 9.83. The summed E-state index contributed by atoms with van der Waals surface area (Å²) in [5, 5.41) is 20.6. The normalized spacial score (nSPS) is 14.6. The number of aliphatic hydroxyl groups is 2. The Morgan fingerprint density at radius 3 is 3.06 bits per heavy atom. The van der Waals surface area contributed by atoms with Crippen molar-refractivity contribution < 1.29 is 15.0 Å². The van der Waals surface area contributed by atoms with Gasteiger partial charge >= 0.3 is 0 Å². The Bertz CT molecular complexity index is 555. The third-order valence-corrected chi connectivity index (χ3v) is 3.54.